The minimum absolute atomic E-state index is 0.296. The fourth-order valence-corrected chi connectivity index (χ4v) is 4.58. The molecular formula is C21H23NO6S. The maximum Gasteiger partial charge on any atom is 0.344 e. The standard InChI is InChI=1S/C21H23NO6S/c1-13-8-9-15-16(10-13)29-20(19(15)21(25)26-2)22-17(23)11-28-18(24)12-27-14-6-4-3-5-7-14/h3-7,13H,8-12H2,1-2H3,(H,22,23)/t13-/m1/s1. The van der Waals surface area contributed by atoms with Crippen molar-refractivity contribution in [1.82, 2.24) is 0 Å². The summed E-state index contributed by atoms with van der Waals surface area (Å²) in [6, 6.07) is 8.84. The molecule has 1 aromatic carbocycles. The summed E-state index contributed by atoms with van der Waals surface area (Å²) in [5.74, 6) is -0.581. The van der Waals surface area contributed by atoms with Crippen LogP contribution in [0.1, 0.15) is 34.1 Å². The molecule has 0 unspecified atom stereocenters. The molecule has 1 aromatic heterocycles. The molecule has 1 amide bonds. The van der Waals surface area contributed by atoms with Gasteiger partial charge < -0.3 is 19.5 Å². The zero-order valence-electron chi connectivity index (χ0n) is 16.4. The van der Waals surface area contributed by atoms with Crippen LogP contribution in [0.4, 0.5) is 5.00 Å². The Hall–Kier alpha value is -2.87. The van der Waals surface area contributed by atoms with E-state index in [0.29, 0.717) is 22.2 Å². The van der Waals surface area contributed by atoms with E-state index in [2.05, 4.69) is 12.2 Å². The number of carbonyl (C=O) groups is 3. The van der Waals surface area contributed by atoms with Gasteiger partial charge in [0.1, 0.15) is 10.8 Å². The fourth-order valence-electron chi connectivity index (χ4n) is 3.17. The van der Waals surface area contributed by atoms with E-state index in [1.54, 1.807) is 24.3 Å². The highest BCUT2D eigenvalue weighted by Crippen LogP contribution is 2.40. The SMILES string of the molecule is COC(=O)c1c(NC(=O)COC(=O)COc2ccccc2)sc2c1CC[C@@H](C)C2. The van der Waals surface area contributed by atoms with Gasteiger partial charge in [-0.3, -0.25) is 4.79 Å². The minimum Gasteiger partial charge on any atom is -0.482 e. The summed E-state index contributed by atoms with van der Waals surface area (Å²) < 4.78 is 15.1. The first-order valence-electron chi connectivity index (χ1n) is 9.34. The number of ether oxygens (including phenoxy) is 3. The Balaban J connectivity index is 1.57. The fraction of sp³-hybridized carbons (Fsp3) is 0.381. The highest BCUT2D eigenvalue weighted by Gasteiger charge is 2.29. The van der Waals surface area contributed by atoms with Crippen LogP contribution in [0.15, 0.2) is 30.3 Å². The lowest BCUT2D eigenvalue weighted by molar-refractivity contribution is -0.149. The molecule has 29 heavy (non-hydrogen) atoms. The lowest BCUT2D eigenvalue weighted by atomic mass is 9.88. The van der Waals surface area contributed by atoms with Crippen LogP contribution >= 0.6 is 11.3 Å². The van der Waals surface area contributed by atoms with Gasteiger partial charge in [-0.15, -0.1) is 11.3 Å². The van der Waals surface area contributed by atoms with Crippen molar-refractivity contribution >= 4 is 34.2 Å². The first-order chi connectivity index (χ1) is 14.0. The zero-order valence-corrected chi connectivity index (χ0v) is 17.2. The van der Waals surface area contributed by atoms with Crippen molar-refractivity contribution in [2.24, 2.45) is 5.92 Å². The van der Waals surface area contributed by atoms with Crippen molar-refractivity contribution in [2.45, 2.75) is 26.2 Å². The molecule has 1 atom stereocenters. The predicted octanol–water partition coefficient (Wildman–Crippen LogP) is 3.22. The van der Waals surface area contributed by atoms with Gasteiger partial charge in [0.2, 0.25) is 0 Å². The molecule has 7 nitrogen and oxygen atoms in total. The molecule has 1 N–H and O–H groups in total. The molecule has 1 heterocycles. The zero-order chi connectivity index (χ0) is 20.8. The smallest absolute Gasteiger partial charge is 0.344 e. The van der Waals surface area contributed by atoms with E-state index in [1.807, 2.05) is 6.07 Å². The number of carbonyl (C=O) groups excluding carboxylic acids is 3. The summed E-state index contributed by atoms with van der Waals surface area (Å²) in [5, 5.41) is 3.13. The first-order valence-corrected chi connectivity index (χ1v) is 10.2. The van der Waals surface area contributed by atoms with Crippen LogP contribution in [0.25, 0.3) is 0 Å². The second-order valence-corrected chi connectivity index (χ2v) is 7.96. The lowest BCUT2D eigenvalue weighted by Gasteiger charge is -2.18. The van der Waals surface area contributed by atoms with E-state index in [9.17, 15) is 14.4 Å². The van der Waals surface area contributed by atoms with Gasteiger partial charge in [-0.2, -0.15) is 0 Å². The number of hydrogen-bond acceptors (Lipinski definition) is 7. The number of fused-ring (bicyclic) bond motifs is 1. The van der Waals surface area contributed by atoms with Crippen LogP contribution < -0.4 is 10.1 Å². The van der Waals surface area contributed by atoms with Crippen molar-refractivity contribution in [3.05, 3.63) is 46.3 Å². The number of amides is 1. The molecule has 0 fully saturated rings. The third-order valence-corrected chi connectivity index (χ3v) is 5.79. The maximum atomic E-state index is 12.3. The number of anilines is 1. The van der Waals surface area contributed by atoms with E-state index in [-0.39, 0.29) is 6.61 Å². The second-order valence-electron chi connectivity index (χ2n) is 6.86. The number of rotatable bonds is 7. The van der Waals surface area contributed by atoms with E-state index < -0.39 is 24.5 Å². The Bertz CT molecular complexity index is 892. The monoisotopic (exact) mass is 417 g/mol. The van der Waals surface area contributed by atoms with Gasteiger partial charge >= 0.3 is 11.9 Å². The second kappa shape index (κ2) is 9.56. The van der Waals surface area contributed by atoms with Crippen molar-refractivity contribution in [3.8, 4) is 5.75 Å². The molecule has 0 spiro atoms. The Labute approximate surface area is 173 Å². The van der Waals surface area contributed by atoms with Crippen LogP contribution in [0.2, 0.25) is 0 Å². The Morgan fingerprint density at radius 2 is 1.93 bits per heavy atom. The van der Waals surface area contributed by atoms with Crippen molar-refractivity contribution in [2.75, 3.05) is 25.6 Å². The normalized spacial score (nSPS) is 15.2. The van der Waals surface area contributed by atoms with Gasteiger partial charge in [-0.05, 0) is 42.9 Å². The molecule has 0 radical (unpaired) electrons. The number of benzene rings is 1. The number of para-hydroxylation sites is 1. The molecule has 8 heteroatoms. The number of nitrogens with one attached hydrogen (secondary N) is 1. The van der Waals surface area contributed by atoms with E-state index in [4.69, 9.17) is 14.2 Å². The van der Waals surface area contributed by atoms with Crippen molar-refractivity contribution in [3.63, 3.8) is 0 Å². The highest BCUT2D eigenvalue weighted by atomic mass is 32.1. The van der Waals surface area contributed by atoms with E-state index >= 15 is 0 Å². The molecule has 154 valence electrons. The molecule has 1 aliphatic carbocycles. The molecule has 3 rings (SSSR count). The minimum atomic E-state index is -0.656. The number of methoxy groups -OCH3 is 1. The molecule has 0 saturated heterocycles. The number of esters is 2. The third kappa shape index (κ3) is 5.35. The van der Waals surface area contributed by atoms with E-state index in [0.717, 1.165) is 29.7 Å². The third-order valence-electron chi connectivity index (χ3n) is 4.62. The Kier molecular flexibility index (Phi) is 6.87. The summed E-state index contributed by atoms with van der Waals surface area (Å²) in [6.07, 6.45) is 2.63. The number of thiophene rings is 1. The summed E-state index contributed by atoms with van der Waals surface area (Å²) in [6.45, 7) is 1.40. The van der Waals surface area contributed by atoms with Gasteiger partial charge in [-0.25, -0.2) is 9.59 Å². The van der Waals surface area contributed by atoms with Gasteiger partial charge in [-0.1, -0.05) is 25.1 Å². The van der Waals surface area contributed by atoms with Gasteiger partial charge in [0.15, 0.2) is 13.2 Å². The number of hydrogen-bond donors (Lipinski definition) is 1. The van der Waals surface area contributed by atoms with Crippen LogP contribution in [-0.4, -0.2) is 38.2 Å². The molecule has 0 bridgehead atoms. The van der Waals surface area contributed by atoms with Crippen LogP contribution in [0, 0.1) is 5.92 Å². The lowest BCUT2D eigenvalue weighted by Crippen LogP contribution is -2.24. The Morgan fingerprint density at radius 1 is 1.17 bits per heavy atom. The molecule has 1 aliphatic rings. The average molecular weight is 417 g/mol. The molecule has 0 aliphatic heterocycles. The average Bonchev–Trinajstić information content (AvgIpc) is 3.07. The van der Waals surface area contributed by atoms with Crippen LogP contribution in [0.5, 0.6) is 5.75 Å². The predicted molar refractivity (Wildman–Crippen MR) is 108 cm³/mol. The van der Waals surface area contributed by atoms with Gasteiger partial charge in [0.25, 0.3) is 5.91 Å². The van der Waals surface area contributed by atoms with E-state index in [1.165, 1.54) is 18.4 Å². The van der Waals surface area contributed by atoms with Crippen LogP contribution in [0.3, 0.4) is 0 Å². The van der Waals surface area contributed by atoms with Crippen molar-refractivity contribution < 1.29 is 28.6 Å². The molecule has 0 saturated carbocycles. The maximum absolute atomic E-state index is 12.3. The van der Waals surface area contributed by atoms with Gasteiger partial charge in [0.05, 0.1) is 12.7 Å². The summed E-state index contributed by atoms with van der Waals surface area (Å²) in [5.41, 5.74) is 1.36. The van der Waals surface area contributed by atoms with Gasteiger partial charge in [0, 0.05) is 4.88 Å². The highest BCUT2D eigenvalue weighted by molar-refractivity contribution is 7.17. The summed E-state index contributed by atoms with van der Waals surface area (Å²) in [4.78, 5) is 37.4. The molecule has 2 aromatic rings. The topological polar surface area (TPSA) is 90.9 Å². The van der Waals surface area contributed by atoms with Crippen molar-refractivity contribution in [1.29, 1.82) is 0 Å². The first kappa shape index (κ1) is 20.9. The van der Waals surface area contributed by atoms with Crippen LogP contribution in [-0.2, 0) is 31.9 Å². The molecular weight excluding hydrogens is 394 g/mol. The summed E-state index contributed by atoms with van der Waals surface area (Å²) in [7, 11) is 1.32. The summed E-state index contributed by atoms with van der Waals surface area (Å²) >= 11 is 1.38. The quantitative estimate of drug-likeness (QED) is 0.696. The Morgan fingerprint density at radius 3 is 2.66 bits per heavy atom. The largest absolute Gasteiger partial charge is 0.482 e.